The van der Waals surface area contributed by atoms with E-state index in [0.29, 0.717) is 11.7 Å². The fourth-order valence-corrected chi connectivity index (χ4v) is 3.03. The van der Waals surface area contributed by atoms with Crippen molar-refractivity contribution in [3.63, 3.8) is 0 Å². The topological polar surface area (TPSA) is 55.0 Å². The Hall–Kier alpha value is -0.810. The molecule has 2 N–H and O–H groups in total. The van der Waals surface area contributed by atoms with Gasteiger partial charge in [0.2, 0.25) is 0 Å². The molecule has 2 rings (SSSR count). The fraction of sp³-hybridized carbons (Fsp3) is 0.714. The maximum absolute atomic E-state index is 6.00. The van der Waals surface area contributed by atoms with Crippen LogP contribution in [-0.4, -0.2) is 40.3 Å². The van der Waals surface area contributed by atoms with Crippen LogP contribution in [0.25, 0.3) is 0 Å². The van der Waals surface area contributed by atoms with Crippen molar-refractivity contribution in [1.82, 2.24) is 14.9 Å². The van der Waals surface area contributed by atoms with Crippen LogP contribution in [0.4, 0.5) is 5.82 Å². The van der Waals surface area contributed by atoms with E-state index in [-0.39, 0.29) is 0 Å². The number of nitrogens with two attached hydrogens (primary N) is 1. The summed E-state index contributed by atoms with van der Waals surface area (Å²) in [5, 5.41) is 1.07. The van der Waals surface area contributed by atoms with Crippen LogP contribution >= 0.6 is 11.8 Å². The van der Waals surface area contributed by atoms with Gasteiger partial charge in [0.05, 0.1) is 0 Å². The molecule has 0 saturated heterocycles. The maximum atomic E-state index is 6.00. The molecule has 1 fully saturated rings. The molecule has 106 valence electrons. The first kappa shape index (κ1) is 14.6. The van der Waals surface area contributed by atoms with Gasteiger partial charge in [-0.25, -0.2) is 9.97 Å². The van der Waals surface area contributed by atoms with Crippen LogP contribution in [0, 0.1) is 6.92 Å². The van der Waals surface area contributed by atoms with Gasteiger partial charge in [-0.2, -0.15) is 0 Å². The molecule has 0 bridgehead atoms. The zero-order chi connectivity index (χ0) is 13.8. The van der Waals surface area contributed by atoms with E-state index in [2.05, 4.69) is 23.7 Å². The molecule has 0 amide bonds. The van der Waals surface area contributed by atoms with Gasteiger partial charge >= 0.3 is 0 Å². The highest BCUT2D eigenvalue weighted by atomic mass is 32.2. The van der Waals surface area contributed by atoms with Crippen LogP contribution in [0.3, 0.4) is 0 Å². The molecule has 1 heterocycles. The van der Waals surface area contributed by atoms with Crippen molar-refractivity contribution >= 4 is 17.6 Å². The molecule has 0 aromatic carbocycles. The van der Waals surface area contributed by atoms with Gasteiger partial charge in [-0.1, -0.05) is 13.8 Å². The standard InChI is InChI=1S/C14H24N4S/c1-4-18(5-2)8-9-19-14-10(3)12(15)16-13(17-14)11-6-7-11/h11H,4-9H2,1-3H3,(H2,15,16,17). The van der Waals surface area contributed by atoms with Crippen molar-refractivity contribution in [3.8, 4) is 0 Å². The minimum Gasteiger partial charge on any atom is -0.383 e. The fourth-order valence-electron chi connectivity index (χ4n) is 2.01. The van der Waals surface area contributed by atoms with Crippen molar-refractivity contribution < 1.29 is 0 Å². The molecule has 1 saturated carbocycles. The summed E-state index contributed by atoms with van der Waals surface area (Å²) in [4.78, 5) is 11.5. The molecule has 0 radical (unpaired) electrons. The zero-order valence-corrected chi connectivity index (χ0v) is 13.0. The van der Waals surface area contributed by atoms with Crippen molar-refractivity contribution in [3.05, 3.63) is 11.4 Å². The molecule has 1 aromatic rings. The lowest BCUT2D eigenvalue weighted by atomic mass is 10.3. The molecule has 1 aliphatic rings. The van der Waals surface area contributed by atoms with Crippen molar-refractivity contribution in [2.45, 2.75) is 44.6 Å². The number of thioether (sulfide) groups is 1. The van der Waals surface area contributed by atoms with Gasteiger partial charge < -0.3 is 10.6 Å². The first-order valence-corrected chi connectivity index (χ1v) is 8.13. The van der Waals surface area contributed by atoms with E-state index in [1.54, 1.807) is 11.8 Å². The number of nitrogen functional groups attached to an aromatic ring is 1. The lowest BCUT2D eigenvalue weighted by Gasteiger charge is -2.17. The quantitative estimate of drug-likeness (QED) is 0.615. The highest BCUT2D eigenvalue weighted by molar-refractivity contribution is 7.99. The number of rotatable bonds is 7. The van der Waals surface area contributed by atoms with Gasteiger partial charge in [-0.3, -0.25) is 0 Å². The number of anilines is 1. The average molecular weight is 280 g/mol. The minimum absolute atomic E-state index is 0.560. The number of nitrogens with zero attached hydrogens (tertiary/aromatic N) is 3. The monoisotopic (exact) mass is 280 g/mol. The Bertz CT molecular complexity index is 428. The molecule has 4 nitrogen and oxygen atoms in total. The molecule has 19 heavy (non-hydrogen) atoms. The van der Waals surface area contributed by atoms with Crippen LogP contribution < -0.4 is 5.73 Å². The largest absolute Gasteiger partial charge is 0.383 e. The van der Waals surface area contributed by atoms with Gasteiger partial charge in [-0.15, -0.1) is 11.8 Å². The van der Waals surface area contributed by atoms with Crippen molar-refractivity contribution in [1.29, 1.82) is 0 Å². The van der Waals surface area contributed by atoms with Crippen molar-refractivity contribution in [2.75, 3.05) is 31.1 Å². The van der Waals surface area contributed by atoms with Gasteiger partial charge in [0, 0.05) is 23.8 Å². The summed E-state index contributed by atoms with van der Waals surface area (Å²) in [6.07, 6.45) is 2.43. The first-order valence-electron chi connectivity index (χ1n) is 7.14. The Labute approximate surface area is 120 Å². The van der Waals surface area contributed by atoms with E-state index in [1.807, 2.05) is 6.92 Å². The Balaban J connectivity index is 1.98. The maximum Gasteiger partial charge on any atom is 0.135 e. The van der Waals surface area contributed by atoms with Gasteiger partial charge in [0.15, 0.2) is 0 Å². The van der Waals surface area contributed by atoms with E-state index in [1.165, 1.54) is 12.8 Å². The normalized spacial score (nSPS) is 15.2. The third-order valence-electron chi connectivity index (χ3n) is 3.64. The van der Waals surface area contributed by atoms with Gasteiger partial charge in [0.25, 0.3) is 0 Å². The van der Waals surface area contributed by atoms with Gasteiger partial charge in [-0.05, 0) is 32.9 Å². The van der Waals surface area contributed by atoms with Crippen LogP contribution in [0.5, 0.6) is 0 Å². The summed E-state index contributed by atoms with van der Waals surface area (Å²) in [5.74, 6) is 3.23. The summed E-state index contributed by atoms with van der Waals surface area (Å²) in [6.45, 7) is 9.73. The summed E-state index contributed by atoms with van der Waals surface area (Å²) >= 11 is 1.81. The van der Waals surface area contributed by atoms with Gasteiger partial charge in [0.1, 0.15) is 16.7 Å². The third kappa shape index (κ3) is 3.83. The Morgan fingerprint density at radius 3 is 2.53 bits per heavy atom. The van der Waals surface area contributed by atoms with Crippen LogP contribution in [-0.2, 0) is 0 Å². The predicted octanol–water partition coefficient (Wildman–Crippen LogP) is 2.68. The molecule has 0 atom stereocenters. The van der Waals surface area contributed by atoms with Crippen LogP contribution in [0.1, 0.15) is 44.0 Å². The first-order chi connectivity index (χ1) is 9.15. The molecule has 0 aliphatic heterocycles. The summed E-state index contributed by atoms with van der Waals surface area (Å²) in [7, 11) is 0. The summed E-state index contributed by atoms with van der Waals surface area (Å²) in [6, 6.07) is 0. The van der Waals surface area contributed by atoms with E-state index in [0.717, 1.165) is 41.8 Å². The van der Waals surface area contributed by atoms with Crippen LogP contribution in [0.2, 0.25) is 0 Å². The minimum atomic E-state index is 0.560. The molecular formula is C14H24N4S. The lowest BCUT2D eigenvalue weighted by Crippen LogP contribution is -2.25. The van der Waals surface area contributed by atoms with Crippen LogP contribution in [0.15, 0.2) is 5.03 Å². The second-order valence-corrected chi connectivity index (χ2v) is 6.13. The van der Waals surface area contributed by atoms with Crippen molar-refractivity contribution in [2.24, 2.45) is 0 Å². The average Bonchev–Trinajstić information content (AvgIpc) is 3.23. The highest BCUT2D eigenvalue weighted by Crippen LogP contribution is 2.39. The van der Waals surface area contributed by atoms with E-state index < -0.39 is 0 Å². The Morgan fingerprint density at radius 1 is 1.26 bits per heavy atom. The summed E-state index contributed by atoms with van der Waals surface area (Å²) in [5.41, 5.74) is 7.03. The van der Waals surface area contributed by atoms with E-state index in [9.17, 15) is 0 Å². The Kier molecular flexibility index (Phi) is 5.05. The lowest BCUT2D eigenvalue weighted by molar-refractivity contribution is 0.324. The molecular weight excluding hydrogens is 256 g/mol. The zero-order valence-electron chi connectivity index (χ0n) is 12.1. The second kappa shape index (κ2) is 6.57. The highest BCUT2D eigenvalue weighted by Gasteiger charge is 2.27. The second-order valence-electron chi connectivity index (χ2n) is 5.05. The number of hydrogen-bond acceptors (Lipinski definition) is 5. The molecule has 1 aliphatic carbocycles. The SMILES string of the molecule is CCN(CC)CCSc1nc(C2CC2)nc(N)c1C. The molecule has 5 heteroatoms. The molecule has 1 aromatic heterocycles. The van der Waals surface area contributed by atoms with E-state index >= 15 is 0 Å². The predicted molar refractivity (Wildman–Crippen MR) is 81.7 cm³/mol. The number of hydrogen-bond donors (Lipinski definition) is 1. The van der Waals surface area contributed by atoms with E-state index in [4.69, 9.17) is 10.7 Å². The molecule has 0 unspecified atom stereocenters. The number of aromatic nitrogens is 2. The summed E-state index contributed by atoms with van der Waals surface area (Å²) < 4.78 is 0. The third-order valence-corrected chi connectivity index (χ3v) is 4.70. The smallest absolute Gasteiger partial charge is 0.135 e. The Morgan fingerprint density at radius 2 is 1.95 bits per heavy atom. The molecule has 0 spiro atoms.